The lowest BCUT2D eigenvalue weighted by molar-refractivity contribution is -0.153. The zero-order valence-electron chi connectivity index (χ0n) is 13.2. The summed E-state index contributed by atoms with van der Waals surface area (Å²) in [6.07, 6.45) is 2.64. The topological polar surface area (TPSA) is 46.6 Å². The summed E-state index contributed by atoms with van der Waals surface area (Å²) in [7, 11) is 1.38. The molecule has 1 heterocycles. The predicted octanol–water partition coefficient (Wildman–Crippen LogP) is 2.78. The van der Waals surface area contributed by atoms with Crippen molar-refractivity contribution < 1.29 is 14.3 Å². The molecule has 1 atom stereocenters. The zero-order valence-corrected chi connectivity index (χ0v) is 14.0. The molecule has 0 spiro atoms. The minimum absolute atomic E-state index is 0.0350. The van der Waals surface area contributed by atoms with Crippen LogP contribution < -0.4 is 0 Å². The lowest BCUT2D eigenvalue weighted by Gasteiger charge is -2.33. The number of carbonyl (C=O) groups is 2. The number of nitrogens with zero attached hydrogens (tertiary/aromatic N) is 1. The van der Waals surface area contributed by atoms with Gasteiger partial charge in [-0.3, -0.25) is 4.79 Å². The number of carbonyl (C=O) groups excluding carboxylic acids is 2. The van der Waals surface area contributed by atoms with Gasteiger partial charge in [0.05, 0.1) is 12.9 Å². The van der Waals surface area contributed by atoms with Gasteiger partial charge in [0.1, 0.15) is 6.04 Å². The molecule has 1 aromatic rings. The Balaban J connectivity index is 1.86. The Labute approximate surface area is 136 Å². The van der Waals surface area contributed by atoms with E-state index in [0.717, 1.165) is 18.6 Å². The first kappa shape index (κ1) is 16.9. The van der Waals surface area contributed by atoms with Crippen molar-refractivity contribution in [2.24, 2.45) is 0 Å². The number of rotatable bonds is 5. The Morgan fingerprint density at radius 3 is 2.91 bits per heavy atom. The highest BCUT2D eigenvalue weighted by Gasteiger charge is 2.32. The number of hydrogen-bond acceptors (Lipinski definition) is 4. The number of hydrogen-bond donors (Lipinski definition) is 0. The van der Waals surface area contributed by atoms with Gasteiger partial charge in [-0.15, -0.1) is 11.8 Å². The van der Waals surface area contributed by atoms with E-state index in [-0.39, 0.29) is 11.9 Å². The summed E-state index contributed by atoms with van der Waals surface area (Å²) in [4.78, 5) is 25.9. The molecule has 1 fully saturated rings. The van der Waals surface area contributed by atoms with Crippen molar-refractivity contribution in [2.45, 2.75) is 38.0 Å². The van der Waals surface area contributed by atoms with Crippen molar-refractivity contribution >= 4 is 23.6 Å². The van der Waals surface area contributed by atoms with Crippen LogP contribution in [0.2, 0.25) is 0 Å². The first-order chi connectivity index (χ1) is 10.6. The molecule has 1 aromatic carbocycles. The maximum absolute atomic E-state index is 12.4. The number of methoxy groups -OCH3 is 1. The van der Waals surface area contributed by atoms with Crippen molar-refractivity contribution in [1.29, 1.82) is 0 Å². The lowest BCUT2D eigenvalue weighted by Crippen LogP contribution is -2.49. The summed E-state index contributed by atoms with van der Waals surface area (Å²) in [5, 5.41) is 0. The summed E-state index contributed by atoms with van der Waals surface area (Å²) < 4.78 is 4.82. The third-order valence-electron chi connectivity index (χ3n) is 3.87. The van der Waals surface area contributed by atoms with E-state index in [2.05, 4.69) is 25.1 Å². The largest absolute Gasteiger partial charge is 0.467 e. The number of ether oxygens (including phenoxy) is 1. The summed E-state index contributed by atoms with van der Waals surface area (Å²) in [5.74, 6) is 0.954. The predicted molar refractivity (Wildman–Crippen MR) is 88.7 cm³/mol. The highest BCUT2D eigenvalue weighted by atomic mass is 32.2. The van der Waals surface area contributed by atoms with Gasteiger partial charge in [-0.25, -0.2) is 4.79 Å². The van der Waals surface area contributed by atoms with Crippen LogP contribution in [0.25, 0.3) is 0 Å². The third kappa shape index (κ3) is 4.50. The second kappa shape index (κ2) is 8.22. The second-order valence-corrected chi connectivity index (χ2v) is 6.59. The molecule has 0 N–H and O–H groups in total. The van der Waals surface area contributed by atoms with Crippen molar-refractivity contribution in [3.63, 3.8) is 0 Å². The normalized spacial score (nSPS) is 18.1. The highest BCUT2D eigenvalue weighted by molar-refractivity contribution is 7.99. The fourth-order valence-corrected chi connectivity index (χ4v) is 3.61. The number of benzene rings is 1. The van der Waals surface area contributed by atoms with Gasteiger partial charge in [0, 0.05) is 12.3 Å². The molecule has 0 aliphatic carbocycles. The van der Waals surface area contributed by atoms with Crippen LogP contribution in [0.4, 0.5) is 0 Å². The van der Waals surface area contributed by atoms with E-state index >= 15 is 0 Å². The lowest BCUT2D eigenvalue weighted by atomic mass is 10.0. The monoisotopic (exact) mass is 321 g/mol. The van der Waals surface area contributed by atoms with Crippen LogP contribution in [0.15, 0.2) is 24.3 Å². The van der Waals surface area contributed by atoms with E-state index in [9.17, 15) is 9.59 Å². The Hall–Kier alpha value is -1.49. The molecule has 0 bridgehead atoms. The fourth-order valence-electron chi connectivity index (χ4n) is 2.75. The molecule has 1 amide bonds. The van der Waals surface area contributed by atoms with Crippen molar-refractivity contribution in [3.05, 3.63) is 35.4 Å². The van der Waals surface area contributed by atoms with E-state index in [0.29, 0.717) is 18.7 Å². The Morgan fingerprint density at radius 2 is 2.18 bits per heavy atom. The first-order valence-corrected chi connectivity index (χ1v) is 8.78. The molecule has 0 radical (unpaired) electrons. The molecule has 0 saturated carbocycles. The van der Waals surface area contributed by atoms with E-state index in [4.69, 9.17) is 4.74 Å². The van der Waals surface area contributed by atoms with E-state index < -0.39 is 6.04 Å². The number of likely N-dealkylation sites (tertiary alicyclic amines) is 1. The number of aryl methyl sites for hydroxylation is 1. The van der Waals surface area contributed by atoms with E-state index in [1.807, 2.05) is 6.07 Å². The SMILES string of the molecule is COC(=O)C1CCCCN1C(=O)CSCc1cccc(C)c1. The molecule has 1 aliphatic rings. The second-order valence-electron chi connectivity index (χ2n) is 5.60. The van der Waals surface area contributed by atoms with Crippen LogP contribution in [0.3, 0.4) is 0 Å². The van der Waals surface area contributed by atoms with Gasteiger partial charge >= 0.3 is 5.97 Å². The summed E-state index contributed by atoms with van der Waals surface area (Å²) in [5.41, 5.74) is 2.45. The third-order valence-corrected chi connectivity index (χ3v) is 4.86. The molecule has 5 heteroatoms. The molecule has 0 aromatic heterocycles. The molecule has 2 rings (SSSR count). The Bertz CT molecular complexity index is 532. The molecule has 1 saturated heterocycles. The van der Waals surface area contributed by atoms with Crippen molar-refractivity contribution in [3.8, 4) is 0 Å². The molecular weight excluding hydrogens is 298 g/mol. The minimum Gasteiger partial charge on any atom is -0.467 e. The quantitative estimate of drug-likeness (QED) is 0.782. The number of esters is 1. The molecule has 1 unspecified atom stereocenters. The van der Waals surface area contributed by atoms with Crippen LogP contribution in [0.1, 0.15) is 30.4 Å². The van der Waals surface area contributed by atoms with Gasteiger partial charge in [0.25, 0.3) is 0 Å². The van der Waals surface area contributed by atoms with Gasteiger partial charge < -0.3 is 9.64 Å². The van der Waals surface area contributed by atoms with Gasteiger partial charge in [-0.2, -0.15) is 0 Å². The summed E-state index contributed by atoms with van der Waals surface area (Å²) >= 11 is 1.59. The maximum atomic E-state index is 12.4. The Kier molecular flexibility index (Phi) is 6.31. The van der Waals surface area contributed by atoms with Crippen LogP contribution in [-0.2, 0) is 20.1 Å². The van der Waals surface area contributed by atoms with E-state index in [1.165, 1.54) is 18.2 Å². The smallest absolute Gasteiger partial charge is 0.328 e. The Morgan fingerprint density at radius 1 is 1.36 bits per heavy atom. The zero-order chi connectivity index (χ0) is 15.9. The fraction of sp³-hybridized carbons (Fsp3) is 0.529. The average molecular weight is 321 g/mol. The molecule has 120 valence electrons. The molecule has 4 nitrogen and oxygen atoms in total. The number of amides is 1. The van der Waals surface area contributed by atoms with Crippen molar-refractivity contribution in [1.82, 2.24) is 4.90 Å². The minimum atomic E-state index is -0.397. The standard InChI is InChI=1S/C17H23NO3S/c1-13-6-5-7-14(10-13)11-22-12-16(19)18-9-4-3-8-15(18)17(20)21-2/h5-7,10,15H,3-4,8-9,11-12H2,1-2H3. The summed E-state index contributed by atoms with van der Waals surface area (Å²) in [6, 6.07) is 7.91. The molecule has 1 aliphatic heterocycles. The number of thioether (sulfide) groups is 1. The summed E-state index contributed by atoms with van der Waals surface area (Å²) in [6.45, 7) is 2.72. The van der Waals surface area contributed by atoms with E-state index in [1.54, 1.807) is 16.7 Å². The molecular formula is C17H23NO3S. The van der Waals surface area contributed by atoms with Crippen LogP contribution in [0.5, 0.6) is 0 Å². The average Bonchev–Trinajstić information content (AvgIpc) is 2.54. The van der Waals surface area contributed by atoms with Gasteiger partial charge in [-0.05, 0) is 31.7 Å². The highest BCUT2D eigenvalue weighted by Crippen LogP contribution is 2.20. The molecule has 22 heavy (non-hydrogen) atoms. The van der Waals surface area contributed by atoms with Crippen LogP contribution in [-0.4, -0.2) is 42.2 Å². The van der Waals surface area contributed by atoms with Crippen molar-refractivity contribution in [2.75, 3.05) is 19.4 Å². The van der Waals surface area contributed by atoms with Gasteiger partial charge in [-0.1, -0.05) is 29.8 Å². The first-order valence-electron chi connectivity index (χ1n) is 7.62. The van der Waals surface area contributed by atoms with Gasteiger partial charge in [0.15, 0.2) is 0 Å². The van der Waals surface area contributed by atoms with Crippen LogP contribution in [0, 0.1) is 6.92 Å². The number of piperidine rings is 1. The van der Waals surface area contributed by atoms with Crippen LogP contribution >= 0.6 is 11.8 Å². The maximum Gasteiger partial charge on any atom is 0.328 e. The van der Waals surface area contributed by atoms with Gasteiger partial charge in [0.2, 0.25) is 5.91 Å².